The zero-order valence-electron chi connectivity index (χ0n) is 24.5. The number of hydrogen-bond donors (Lipinski definition) is 1. The maximum absolute atomic E-state index is 13.8. The molecule has 1 N–H and O–H groups in total. The van der Waals surface area contributed by atoms with E-state index in [0.29, 0.717) is 36.6 Å². The largest absolute Gasteiger partial charge is 0.496 e. The smallest absolute Gasteiger partial charge is 0.296 e. The van der Waals surface area contributed by atoms with Gasteiger partial charge in [0.05, 0.1) is 37.2 Å². The summed E-state index contributed by atoms with van der Waals surface area (Å²) < 4.78 is 42.7. The maximum atomic E-state index is 13.8. The lowest BCUT2D eigenvalue weighted by Gasteiger charge is -2.45. The first-order valence-corrected chi connectivity index (χ1v) is 15.7. The Morgan fingerprint density at radius 2 is 1.62 bits per heavy atom. The molecule has 2 aliphatic rings. The summed E-state index contributed by atoms with van der Waals surface area (Å²) in [6.07, 6.45) is 0.903. The highest BCUT2D eigenvalue weighted by molar-refractivity contribution is 7.86. The molecule has 5 rings (SSSR count). The lowest BCUT2D eigenvalue weighted by Crippen LogP contribution is -2.47. The number of methoxy groups -OCH3 is 2. The lowest BCUT2D eigenvalue weighted by atomic mass is 9.64. The highest BCUT2D eigenvalue weighted by atomic mass is 32.2. The minimum Gasteiger partial charge on any atom is -0.496 e. The van der Waals surface area contributed by atoms with Crippen molar-refractivity contribution in [2.75, 3.05) is 33.9 Å². The summed E-state index contributed by atoms with van der Waals surface area (Å²) >= 11 is 0. The molecule has 1 aliphatic carbocycles. The number of hydrogen-bond acceptors (Lipinski definition) is 7. The van der Waals surface area contributed by atoms with E-state index in [1.165, 1.54) is 12.1 Å². The van der Waals surface area contributed by atoms with Crippen molar-refractivity contribution in [1.29, 1.82) is 0 Å². The second kappa shape index (κ2) is 12.1. The van der Waals surface area contributed by atoms with Gasteiger partial charge in [-0.2, -0.15) is 8.42 Å². The number of fused-ring (bicyclic) bond motifs is 1. The molecule has 0 bridgehead atoms. The predicted molar refractivity (Wildman–Crippen MR) is 159 cm³/mol. The Kier molecular flexibility index (Phi) is 8.64. The molecule has 1 saturated carbocycles. The van der Waals surface area contributed by atoms with Crippen LogP contribution in [0.25, 0.3) is 0 Å². The van der Waals surface area contributed by atoms with Crippen molar-refractivity contribution in [3.63, 3.8) is 0 Å². The first-order chi connectivity index (χ1) is 20.1. The minimum absolute atomic E-state index is 0.0361. The number of likely N-dealkylation sites (tertiary alicyclic amines) is 1. The number of rotatable bonds is 9. The number of para-hydroxylation sites is 2. The molecule has 0 unspecified atom stereocenters. The first kappa shape index (κ1) is 30.1. The standard InChI is InChI=1S/C33H39NO7S/c1-22-13-15-26(16-14-22)42(37,38)41-21-24-17-25-19-34(32(35)23(2)27-9-5-7-11-30(27)39-3)20-29(25)33(36,18-24)28-10-6-8-12-31(28)40-4/h5-16,23-25,29,36H,17-21H2,1-4H3/t23-,24+,25-,29+,33+/m0/s1. The molecule has 8 nitrogen and oxygen atoms in total. The molecule has 3 aromatic carbocycles. The van der Waals surface area contributed by atoms with E-state index in [2.05, 4.69) is 0 Å². The second-order valence-corrected chi connectivity index (χ2v) is 13.2. The van der Waals surface area contributed by atoms with Gasteiger partial charge in [0.1, 0.15) is 11.5 Å². The third-order valence-electron chi connectivity index (χ3n) is 8.92. The summed E-state index contributed by atoms with van der Waals surface area (Å²) in [5, 5.41) is 12.5. The minimum atomic E-state index is -3.97. The van der Waals surface area contributed by atoms with Gasteiger partial charge in [-0.15, -0.1) is 0 Å². The normalized spacial score (nSPS) is 24.6. The van der Waals surface area contributed by atoms with Gasteiger partial charge in [0, 0.05) is 30.1 Å². The lowest BCUT2D eigenvalue weighted by molar-refractivity contribution is -0.132. The predicted octanol–water partition coefficient (Wildman–Crippen LogP) is 4.89. The van der Waals surface area contributed by atoms with Crippen LogP contribution in [-0.4, -0.2) is 58.2 Å². The highest BCUT2D eigenvalue weighted by Crippen LogP contribution is 2.52. The van der Waals surface area contributed by atoms with Crippen molar-refractivity contribution in [2.45, 2.75) is 43.1 Å². The fourth-order valence-corrected chi connectivity index (χ4v) is 7.74. The third-order valence-corrected chi connectivity index (χ3v) is 10.2. The molecule has 3 aromatic rings. The molecule has 1 heterocycles. The monoisotopic (exact) mass is 593 g/mol. The Labute approximate surface area is 248 Å². The van der Waals surface area contributed by atoms with Gasteiger partial charge in [-0.25, -0.2) is 0 Å². The van der Waals surface area contributed by atoms with Crippen LogP contribution in [0.2, 0.25) is 0 Å². The molecular formula is C33H39NO7S. The fraction of sp³-hybridized carbons (Fsp3) is 0.424. The van der Waals surface area contributed by atoms with Gasteiger partial charge < -0.3 is 19.5 Å². The Balaban J connectivity index is 1.41. The van der Waals surface area contributed by atoms with Crippen LogP contribution < -0.4 is 9.47 Å². The second-order valence-electron chi connectivity index (χ2n) is 11.6. The van der Waals surface area contributed by atoms with Crippen LogP contribution in [0.1, 0.15) is 42.4 Å². The van der Waals surface area contributed by atoms with E-state index in [-0.39, 0.29) is 41.6 Å². The van der Waals surface area contributed by atoms with E-state index >= 15 is 0 Å². The molecule has 1 saturated heterocycles. The average Bonchev–Trinajstić information content (AvgIpc) is 3.45. The zero-order valence-corrected chi connectivity index (χ0v) is 25.3. The van der Waals surface area contributed by atoms with E-state index in [0.717, 1.165) is 11.1 Å². The fourth-order valence-electron chi connectivity index (χ4n) is 6.76. The van der Waals surface area contributed by atoms with E-state index in [4.69, 9.17) is 13.7 Å². The number of ether oxygens (including phenoxy) is 2. The van der Waals surface area contributed by atoms with Crippen LogP contribution in [0.3, 0.4) is 0 Å². The van der Waals surface area contributed by atoms with E-state index in [9.17, 15) is 18.3 Å². The number of nitrogens with zero attached hydrogens (tertiary/aromatic N) is 1. The van der Waals surface area contributed by atoms with E-state index in [1.54, 1.807) is 26.4 Å². The number of carbonyl (C=O) groups excluding carboxylic acids is 1. The van der Waals surface area contributed by atoms with Crippen molar-refractivity contribution in [3.05, 3.63) is 89.5 Å². The van der Waals surface area contributed by atoms with Gasteiger partial charge in [-0.3, -0.25) is 8.98 Å². The van der Waals surface area contributed by atoms with Crippen LogP contribution in [0.4, 0.5) is 0 Å². The molecule has 0 spiro atoms. The topological polar surface area (TPSA) is 102 Å². The van der Waals surface area contributed by atoms with Crippen molar-refractivity contribution >= 4 is 16.0 Å². The van der Waals surface area contributed by atoms with Gasteiger partial charge >= 0.3 is 0 Å². The Hall–Kier alpha value is -3.40. The van der Waals surface area contributed by atoms with Crippen LogP contribution in [0.15, 0.2) is 77.7 Å². The number of carbonyl (C=O) groups is 1. The highest BCUT2D eigenvalue weighted by Gasteiger charge is 2.54. The Morgan fingerprint density at radius 1 is 0.976 bits per heavy atom. The average molecular weight is 594 g/mol. The van der Waals surface area contributed by atoms with Gasteiger partial charge in [-0.1, -0.05) is 54.1 Å². The quantitative estimate of drug-likeness (QED) is 0.353. The van der Waals surface area contributed by atoms with Crippen LogP contribution >= 0.6 is 0 Å². The summed E-state index contributed by atoms with van der Waals surface area (Å²) in [4.78, 5) is 15.7. The summed E-state index contributed by atoms with van der Waals surface area (Å²) in [7, 11) is -0.810. The molecule has 42 heavy (non-hydrogen) atoms. The molecule has 0 radical (unpaired) electrons. The number of amides is 1. The Bertz CT molecular complexity index is 1520. The van der Waals surface area contributed by atoms with Gasteiger partial charge in [0.2, 0.25) is 5.91 Å². The van der Waals surface area contributed by atoms with Crippen LogP contribution in [0.5, 0.6) is 11.5 Å². The van der Waals surface area contributed by atoms with Crippen molar-refractivity contribution in [2.24, 2.45) is 17.8 Å². The molecule has 224 valence electrons. The third kappa shape index (κ3) is 5.78. The first-order valence-electron chi connectivity index (χ1n) is 14.3. The molecule has 1 aliphatic heterocycles. The summed E-state index contributed by atoms with van der Waals surface area (Å²) in [5.41, 5.74) is 1.06. The Morgan fingerprint density at radius 3 is 2.31 bits per heavy atom. The van der Waals surface area contributed by atoms with Crippen LogP contribution in [-0.2, 0) is 24.7 Å². The summed E-state index contributed by atoms with van der Waals surface area (Å²) in [6.45, 7) is 4.54. The molecule has 9 heteroatoms. The van der Waals surface area contributed by atoms with Gasteiger partial charge in [0.25, 0.3) is 10.1 Å². The zero-order chi connectivity index (χ0) is 30.1. The van der Waals surface area contributed by atoms with E-state index in [1.807, 2.05) is 67.3 Å². The van der Waals surface area contributed by atoms with Gasteiger partial charge in [0.15, 0.2) is 0 Å². The van der Waals surface area contributed by atoms with Gasteiger partial charge in [-0.05, 0) is 62.8 Å². The molecule has 2 fully saturated rings. The van der Waals surface area contributed by atoms with Crippen molar-refractivity contribution < 1.29 is 32.0 Å². The van der Waals surface area contributed by atoms with Crippen molar-refractivity contribution in [3.8, 4) is 11.5 Å². The summed E-state index contributed by atoms with van der Waals surface area (Å²) in [5.74, 6) is 0.173. The molecule has 1 amide bonds. The number of aliphatic hydroxyl groups is 1. The summed E-state index contributed by atoms with van der Waals surface area (Å²) in [6, 6.07) is 21.4. The number of benzene rings is 3. The molecule has 5 atom stereocenters. The van der Waals surface area contributed by atoms with Crippen LogP contribution in [0, 0.1) is 24.7 Å². The van der Waals surface area contributed by atoms with Crippen molar-refractivity contribution in [1.82, 2.24) is 4.90 Å². The molecular weight excluding hydrogens is 554 g/mol. The molecule has 0 aromatic heterocycles. The number of aryl methyl sites for hydroxylation is 1. The maximum Gasteiger partial charge on any atom is 0.296 e. The SMILES string of the molecule is COc1ccccc1[C@H](C)C(=O)N1C[C@@H]2C[C@@H](COS(=O)(=O)c3ccc(C)cc3)C[C@@](O)(c3ccccc3OC)[C@@H]2C1. The van der Waals surface area contributed by atoms with E-state index < -0.39 is 21.6 Å².